The number of carbonyl (C=O) groups is 3. The average molecular weight is 424 g/mol. The molecule has 0 bridgehead atoms. The first kappa shape index (κ1) is 22.3. The zero-order valence-electron chi connectivity index (χ0n) is 18.4. The quantitative estimate of drug-likeness (QED) is 0.635. The summed E-state index contributed by atoms with van der Waals surface area (Å²) in [6.45, 7) is 2.42. The van der Waals surface area contributed by atoms with E-state index in [9.17, 15) is 14.4 Å². The van der Waals surface area contributed by atoms with Gasteiger partial charge in [0.25, 0.3) is 11.8 Å². The Morgan fingerprint density at radius 3 is 2.26 bits per heavy atom. The Bertz CT molecular complexity index is 945. The lowest BCUT2D eigenvalue weighted by molar-refractivity contribution is -0.139. The summed E-state index contributed by atoms with van der Waals surface area (Å²) in [7, 11) is 5.77. The number of hydrogen-bond acceptors (Lipinski definition) is 5. The second-order valence-electron chi connectivity index (χ2n) is 7.96. The predicted molar refractivity (Wildman–Crippen MR) is 119 cm³/mol. The van der Waals surface area contributed by atoms with E-state index < -0.39 is 23.4 Å². The van der Waals surface area contributed by atoms with Crippen LogP contribution in [0.5, 0.6) is 0 Å². The minimum atomic E-state index is -1.17. The van der Waals surface area contributed by atoms with Gasteiger partial charge in [-0.1, -0.05) is 49.4 Å². The molecule has 1 atom stereocenters. The van der Waals surface area contributed by atoms with E-state index in [1.54, 1.807) is 12.1 Å². The van der Waals surface area contributed by atoms with E-state index in [0.29, 0.717) is 18.5 Å². The summed E-state index contributed by atoms with van der Waals surface area (Å²) in [4.78, 5) is 41.9. The largest absolute Gasteiger partial charge is 0.378 e. The zero-order chi connectivity index (χ0) is 22.6. The van der Waals surface area contributed by atoms with Crippen molar-refractivity contribution in [2.24, 2.45) is 0 Å². The van der Waals surface area contributed by atoms with Crippen LogP contribution in [0.15, 0.2) is 54.6 Å². The minimum absolute atomic E-state index is 0.0386. The molecule has 0 radical (unpaired) electrons. The summed E-state index contributed by atoms with van der Waals surface area (Å²) in [6, 6.07) is 16.5. The van der Waals surface area contributed by atoms with Gasteiger partial charge in [0.1, 0.15) is 5.54 Å². The van der Waals surface area contributed by atoms with Gasteiger partial charge in [0.15, 0.2) is 0 Å². The van der Waals surface area contributed by atoms with E-state index >= 15 is 0 Å². The molecule has 0 unspecified atom stereocenters. The molecule has 3 rings (SSSR count). The Hall–Kier alpha value is -3.39. The van der Waals surface area contributed by atoms with Crippen molar-refractivity contribution >= 4 is 23.5 Å². The Labute approximate surface area is 182 Å². The van der Waals surface area contributed by atoms with Crippen LogP contribution in [-0.2, 0) is 21.7 Å². The lowest BCUT2D eigenvalue weighted by atomic mass is 9.87. The van der Waals surface area contributed by atoms with Gasteiger partial charge in [0.05, 0.1) is 6.54 Å². The molecule has 164 valence electrons. The highest BCUT2D eigenvalue weighted by atomic mass is 16.2. The maximum Gasteiger partial charge on any atom is 0.344 e. The standard InChI is InChI=1S/C23H29N5O3/c1-5-23(18-9-7-6-8-10-18)21(30)28(22(31)24-23)25-20(29)16-27(4)15-17-11-13-19(14-12-17)26(2)3/h6-14H,5,15-16H2,1-4H3,(H,24,31)(H,25,29)/t23-/m1/s1. The molecular weight excluding hydrogens is 394 g/mol. The number of anilines is 1. The minimum Gasteiger partial charge on any atom is -0.378 e. The molecule has 8 heteroatoms. The molecule has 0 aliphatic carbocycles. The number of hydrogen-bond donors (Lipinski definition) is 2. The van der Waals surface area contributed by atoms with Crippen molar-refractivity contribution in [3.8, 4) is 0 Å². The van der Waals surface area contributed by atoms with Crippen LogP contribution in [0.2, 0.25) is 0 Å². The Morgan fingerprint density at radius 1 is 1.03 bits per heavy atom. The lowest BCUT2D eigenvalue weighted by Crippen LogP contribution is -2.50. The first-order valence-electron chi connectivity index (χ1n) is 10.2. The molecule has 1 aliphatic rings. The summed E-state index contributed by atoms with van der Waals surface area (Å²) in [6.07, 6.45) is 0.372. The first-order chi connectivity index (χ1) is 14.8. The lowest BCUT2D eigenvalue weighted by Gasteiger charge is -2.25. The van der Waals surface area contributed by atoms with Crippen molar-refractivity contribution in [3.05, 3.63) is 65.7 Å². The number of likely N-dealkylation sites (N-methyl/N-ethyl adjacent to an activating group) is 1. The van der Waals surface area contributed by atoms with E-state index in [1.807, 2.05) is 80.3 Å². The summed E-state index contributed by atoms with van der Waals surface area (Å²) < 4.78 is 0. The number of nitrogens with one attached hydrogen (secondary N) is 2. The van der Waals surface area contributed by atoms with Crippen LogP contribution < -0.4 is 15.6 Å². The number of imide groups is 1. The monoisotopic (exact) mass is 423 g/mol. The van der Waals surface area contributed by atoms with Crippen molar-refractivity contribution < 1.29 is 14.4 Å². The topological polar surface area (TPSA) is 85.0 Å². The van der Waals surface area contributed by atoms with E-state index in [-0.39, 0.29) is 6.54 Å². The number of nitrogens with zero attached hydrogens (tertiary/aromatic N) is 3. The maximum absolute atomic E-state index is 13.1. The van der Waals surface area contributed by atoms with Crippen molar-refractivity contribution in [2.45, 2.75) is 25.4 Å². The number of benzene rings is 2. The number of carbonyl (C=O) groups excluding carboxylic acids is 3. The third-order valence-corrected chi connectivity index (χ3v) is 5.44. The summed E-state index contributed by atoms with van der Waals surface area (Å²) >= 11 is 0. The molecule has 8 nitrogen and oxygen atoms in total. The normalized spacial score (nSPS) is 18.3. The van der Waals surface area contributed by atoms with Gasteiger partial charge < -0.3 is 10.2 Å². The van der Waals surface area contributed by atoms with Crippen LogP contribution in [-0.4, -0.2) is 55.4 Å². The number of urea groups is 1. The average Bonchev–Trinajstić information content (AvgIpc) is 2.99. The van der Waals surface area contributed by atoms with Gasteiger partial charge in [-0.3, -0.25) is 19.9 Å². The molecule has 0 spiro atoms. The summed E-state index contributed by atoms with van der Waals surface area (Å²) in [5.41, 5.74) is 4.13. The molecule has 2 N–H and O–H groups in total. The third-order valence-electron chi connectivity index (χ3n) is 5.44. The molecule has 2 aromatic rings. The van der Waals surface area contributed by atoms with Crippen molar-refractivity contribution in [2.75, 3.05) is 32.6 Å². The Balaban J connectivity index is 1.62. The van der Waals surface area contributed by atoms with Crippen LogP contribution in [0.4, 0.5) is 10.5 Å². The van der Waals surface area contributed by atoms with Crippen molar-refractivity contribution in [3.63, 3.8) is 0 Å². The SMILES string of the molecule is CC[C@]1(c2ccccc2)NC(=O)N(NC(=O)CN(C)Cc2ccc(N(C)C)cc2)C1=O. The Kier molecular flexibility index (Phi) is 6.60. The molecule has 0 saturated carbocycles. The van der Waals surface area contributed by atoms with Gasteiger partial charge >= 0.3 is 6.03 Å². The second kappa shape index (κ2) is 9.18. The second-order valence-corrected chi connectivity index (χ2v) is 7.96. The van der Waals surface area contributed by atoms with Crippen molar-refractivity contribution in [1.82, 2.24) is 20.7 Å². The van der Waals surface area contributed by atoms with E-state index in [2.05, 4.69) is 10.7 Å². The van der Waals surface area contributed by atoms with Gasteiger partial charge in [-0.15, -0.1) is 0 Å². The fourth-order valence-corrected chi connectivity index (χ4v) is 3.71. The number of hydrazine groups is 1. The van der Waals surface area contributed by atoms with Gasteiger partial charge in [0, 0.05) is 26.3 Å². The highest BCUT2D eigenvalue weighted by molar-refractivity contribution is 6.08. The molecular formula is C23H29N5O3. The van der Waals surface area contributed by atoms with Crippen molar-refractivity contribution in [1.29, 1.82) is 0 Å². The van der Waals surface area contributed by atoms with Gasteiger partial charge in [-0.25, -0.2) is 4.79 Å². The molecule has 4 amide bonds. The van der Waals surface area contributed by atoms with Crippen LogP contribution in [0, 0.1) is 0 Å². The molecule has 1 fully saturated rings. The van der Waals surface area contributed by atoms with Gasteiger partial charge in [0.2, 0.25) is 0 Å². The third kappa shape index (κ3) is 4.69. The molecule has 2 aromatic carbocycles. The molecule has 1 saturated heterocycles. The van der Waals surface area contributed by atoms with E-state index in [0.717, 1.165) is 16.3 Å². The van der Waals surface area contributed by atoms with Gasteiger partial charge in [-0.05, 0) is 36.7 Å². The summed E-state index contributed by atoms with van der Waals surface area (Å²) in [5.74, 6) is -0.919. The van der Waals surface area contributed by atoms with Crippen LogP contribution in [0.3, 0.4) is 0 Å². The molecule has 0 aromatic heterocycles. The first-order valence-corrected chi connectivity index (χ1v) is 10.2. The molecule has 1 heterocycles. The zero-order valence-corrected chi connectivity index (χ0v) is 18.4. The molecule has 31 heavy (non-hydrogen) atoms. The number of rotatable bonds is 8. The summed E-state index contributed by atoms with van der Waals surface area (Å²) in [5, 5.41) is 3.54. The van der Waals surface area contributed by atoms with Gasteiger partial charge in [-0.2, -0.15) is 5.01 Å². The smallest absolute Gasteiger partial charge is 0.344 e. The number of amides is 4. The highest BCUT2D eigenvalue weighted by Gasteiger charge is 2.52. The van der Waals surface area contributed by atoms with Crippen LogP contribution >= 0.6 is 0 Å². The fraction of sp³-hybridized carbons (Fsp3) is 0.348. The van der Waals surface area contributed by atoms with Crippen LogP contribution in [0.1, 0.15) is 24.5 Å². The van der Waals surface area contributed by atoms with Crippen LogP contribution in [0.25, 0.3) is 0 Å². The maximum atomic E-state index is 13.1. The highest BCUT2D eigenvalue weighted by Crippen LogP contribution is 2.31. The Morgan fingerprint density at radius 2 is 1.68 bits per heavy atom. The van der Waals surface area contributed by atoms with E-state index in [4.69, 9.17) is 0 Å². The van der Waals surface area contributed by atoms with E-state index in [1.165, 1.54) is 0 Å². The molecule has 1 aliphatic heterocycles. The predicted octanol–water partition coefficient (Wildman–Crippen LogP) is 2.07. The fourth-order valence-electron chi connectivity index (χ4n) is 3.71.